The zero-order valence-corrected chi connectivity index (χ0v) is 21.1. The quantitative estimate of drug-likeness (QED) is 0.0848. The molecule has 0 bridgehead atoms. The molecule has 0 aromatic heterocycles. The van der Waals surface area contributed by atoms with Crippen LogP contribution >= 0.6 is 0 Å². The summed E-state index contributed by atoms with van der Waals surface area (Å²) in [5.41, 5.74) is 0. The number of carbonyl (C=O) groups excluding carboxylic acids is 2. The van der Waals surface area contributed by atoms with Crippen molar-refractivity contribution in [3.05, 3.63) is 12.2 Å². The van der Waals surface area contributed by atoms with E-state index in [1.54, 1.807) is 0 Å². The molecule has 5 N–H and O–H groups in total. The Morgan fingerprint density at radius 1 is 0.824 bits per heavy atom. The molecular formula is C26H49NO7. The van der Waals surface area contributed by atoms with Gasteiger partial charge >= 0.3 is 5.97 Å². The molecule has 0 spiro atoms. The molecule has 0 saturated heterocycles. The van der Waals surface area contributed by atoms with Gasteiger partial charge in [-0.1, -0.05) is 76.9 Å². The third kappa shape index (κ3) is 18.9. The van der Waals surface area contributed by atoms with E-state index in [-0.39, 0.29) is 13.0 Å². The van der Waals surface area contributed by atoms with Crippen molar-refractivity contribution < 1.29 is 34.8 Å². The molecule has 3 atom stereocenters. The predicted molar refractivity (Wildman–Crippen MR) is 133 cm³/mol. The molecule has 0 rings (SSSR count). The first-order chi connectivity index (χ1) is 16.4. The molecule has 1 amide bonds. The molecule has 200 valence electrons. The average molecular weight is 488 g/mol. The van der Waals surface area contributed by atoms with Crippen LogP contribution in [0, 0.1) is 0 Å². The summed E-state index contributed by atoms with van der Waals surface area (Å²) in [6, 6.07) is 0. The second kappa shape index (κ2) is 23.3. The van der Waals surface area contributed by atoms with Gasteiger partial charge in [0.1, 0.15) is 12.6 Å². The number of rotatable bonds is 23. The molecule has 0 aromatic rings. The van der Waals surface area contributed by atoms with Crippen LogP contribution in [0.3, 0.4) is 0 Å². The topological polar surface area (TPSA) is 136 Å². The SMILES string of the molecule is CCCCCCCC/C=C\CCCCCCCCOC(=O)CNC(=O)[C@H](O)[C@@H](O)[C@H](O)CCO. The van der Waals surface area contributed by atoms with Crippen LogP contribution in [0.1, 0.15) is 103 Å². The van der Waals surface area contributed by atoms with Crippen molar-refractivity contribution in [1.82, 2.24) is 5.32 Å². The normalized spacial score (nSPS) is 14.1. The number of unbranched alkanes of at least 4 members (excludes halogenated alkanes) is 12. The number of aliphatic hydroxyl groups is 4. The number of amides is 1. The zero-order valence-electron chi connectivity index (χ0n) is 21.1. The average Bonchev–Trinajstić information content (AvgIpc) is 2.83. The Morgan fingerprint density at radius 2 is 1.35 bits per heavy atom. The highest BCUT2D eigenvalue weighted by Gasteiger charge is 2.30. The number of hydrogen-bond acceptors (Lipinski definition) is 7. The molecule has 34 heavy (non-hydrogen) atoms. The van der Waals surface area contributed by atoms with Crippen LogP contribution in [-0.2, 0) is 14.3 Å². The molecular weight excluding hydrogens is 438 g/mol. The largest absolute Gasteiger partial charge is 0.464 e. The van der Waals surface area contributed by atoms with Crippen molar-refractivity contribution in [3.63, 3.8) is 0 Å². The number of hydrogen-bond donors (Lipinski definition) is 5. The van der Waals surface area contributed by atoms with Crippen molar-refractivity contribution >= 4 is 11.9 Å². The maximum Gasteiger partial charge on any atom is 0.325 e. The fourth-order valence-corrected chi connectivity index (χ4v) is 3.52. The summed E-state index contributed by atoms with van der Waals surface area (Å²) in [5.74, 6) is -1.61. The van der Waals surface area contributed by atoms with E-state index >= 15 is 0 Å². The Kier molecular flexibility index (Phi) is 22.3. The number of esters is 1. The van der Waals surface area contributed by atoms with Crippen molar-refractivity contribution in [2.75, 3.05) is 19.8 Å². The second-order valence-electron chi connectivity index (χ2n) is 8.89. The molecule has 0 aromatic carbocycles. The van der Waals surface area contributed by atoms with Crippen LogP contribution in [0.2, 0.25) is 0 Å². The molecule has 0 unspecified atom stereocenters. The van der Waals surface area contributed by atoms with Crippen molar-refractivity contribution in [1.29, 1.82) is 0 Å². The molecule has 0 aliphatic rings. The first kappa shape index (κ1) is 32.5. The highest BCUT2D eigenvalue weighted by atomic mass is 16.5. The monoisotopic (exact) mass is 487 g/mol. The number of nitrogens with one attached hydrogen (secondary N) is 1. The molecule has 0 heterocycles. The van der Waals surface area contributed by atoms with Crippen LogP contribution in [0.5, 0.6) is 0 Å². The Bertz CT molecular complexity index is 527. The van der Waals surface area contributed by atoms with Crippen molar-refractivity contribution in [2.45, 2.75) is 122 Å². The molecule has 0 saturated carbocycles. The summed E-state index contributed by atoms with van der Waals surface area (Å²) >= 11 is 0. The van der Waals surface area contributed by atoms with Gasteiger partial charge in [-0.05, 0) is 38.5 Å². The Balaban J connectivity index is 3.54. The van der Waals surface area contributed by atoms with Crippen molar-refractivity contribution in [2.24, 2.45) is 0 Å². The van der Waals surface area contributed by atoms with Gasteiger partial charge in [-0.2, -0.15) is 0 Å². The lowest BCUT2D eigenvalue weighted by Gasteiger charge is -2.21. The van der Waals surface area contributed by atoms with E-state index in [2.05, 4.69) is 24.4 Å². The third-order valence-electron chi connectivity index (χ3n) is 5.74. The van der Waals surface area contributed by atoms with E-state index in [1.807, 2.05) is 0 Å². The highest BCUT2D eigenvalue weighted by Crippen LogP contribution is 2.10. The van der Waals surface area contributed by atoms with E-state index in [0.29, 0.717) is 0 Å². The number of carbonyl (C=O) groups is 2. The first-order valence-electron chi connectivity index (χ1n) is 13.2. The van der Waals surface area contributed by atoms with Crippen LogP contribution in [-0.4, -0.2) is 70.4 Å². The van der Waals surface area contributed by atoms with Gasteiger partial charge < -0.3 is 30.5 Å². The summed E-state index contributed by atoms with van der Waals surface area (Å²) in [6.45, 7) is 1.70. The van der Waals surface area contributed by atoms with Gasteiger partial charge in [0.2, 0.25) is 0 Å². The standard InChI is InChI=1S/C26H49NO7/c1-2-3-4-5-6-7-8-9-10-11-12-13-14-15-16-17-20-34-23(30)21-27-26(33)25(32)24(31)22(29)18-19-28/h9-10,22,24-25,28-29,31-32H,2-8,11-21H2,1H3,(H,27,33)/b10-9-/t22-,24+,25-/m1/s1. The van der Waals surface area contributed by atoms with Crippen LogP contribution < -0.4 is 5.32 Å². The minimum atomic E-state index is -1.90. The van der Waals surface area contributed by atoms with Crippen LogP contribution in [0.4, 0.5) is 0 Å². The number of ether oxygens (including phenoxy) is 1. The highest BCUT2D eigenvalue weighted by molar-refractivity contribution is 5.85. The maximum atomic E-state index is 11.7. The molecule has 0 aliphatic carbocycles. The van der Waals surface area contributed by atoms with E-state index < -0.39 is 43.3 Å². The number of allylic oxidation sites excluding steroid dienone is 2. The minimum Gasteiger partial charge on any atom is -0.464 e. The van der Waals surface area contributed by atoms with Gasteiger partial charge in [-0.15, -0.1) is 0 Å². The second-order valence-corrected chi connectivity index (χ2v) is 8.89. The molecule has 0 radical (unpaired) electrons. The summed E-state index contributed by atoms with van der Waals surface area (Å²) in [7, 11) is 0. The number of aliphatic hydroxyl groups excluding tert-OH is 4. The van der Waals surface area contributed by atoms with Crippen molar-refractivity contribution in [3.8, 4) is 0 Å². The van der Waals surface area contributed by atoms with Gasteiger partial charge in [-0.3, -0.25) is 9.59 Å². The molecule has 8 heteroatoms. The molecule has 0 fully saturated rings. The lowest BCUT2D eigenvalue weighted by molar-refractivity contribution is -0.148. The summed E-state index contributed by atoms with van der Waals surface area (Å²) in [4.78, 5) is 23.4. The summed E-state index contributed by atoms with van der Waals surface area (Å²) < 4.78 is 5.05. The summed E-state index contributed by atoms with van der Waals surface area (Å²) in [5, 5.41) is 39.7. The summed E-state index contributed by atoms with van der Waals surface area (Å²) in [6.07, 6.45) is 16.2. The third-order valence-corrected chi connectivity index (χ3v) is 5.74. The van der Waals surface area contributed by atoms with Crippen LogP contribution in [0.15, 0.2) is 12.2 Å². The lowest BCUT2D eigenvalue weighted by atomic mass is 10.1. The molecule has 8 nitrogen and oxygen atoms in total. The molecule has 0 aliphatic heterocycles. The minimum absolute atomic E-state index is 0.177. The van der Waals surface area contributed by atoms with E-state index in [0.717, 1.165) is 32.1 Å². The van der Waals surface area contributed by atoms with Gasteiger partial charge in [0.05, 0.1) is 12.7 Å². The lowest BCUT2D eigenvalue weighted by Crippen LogP contribution is -2.48. The zero-order chi connectivity index (χ0) is 25.4. The van der Waals surface area contributed by atoms with E-state index in [4.69, 9.17) is 9.84 Å². The fraction of sp³-hybridized carbons (Fsp3) is 0.846. The van der Waals surface area contributed by atoms with Gasteiger partial charge in [-0.25, -0.2) is 0 Å². The van der Waals surface area contributed by atoms with E-state index in [9.17, 15) is 24.9 Å². The Morgan fingerprint density at radius 3 is 1.91 bits per heavy atom. The van der Waals surface area contributed by atoms with Crippen LogP contribution in [0.25, 0.3) is 0 Å². The Hall–Kier alpha value is -1.48. The fourth-order valence-electron chi connectivity index (χ4n) is 3.52. The maximum absolute atomic E-state index is 11.7. The first-order valence-corrected chi connectivity index (χ1v) is 13.2. The smallest absolute Gasteiger partial charge is 0.325 e. The van der Waals surface area contributed by atoms with Gasteiger partial charge in [0, 0.05) is 6.61 Å². The van der Waals surface area contributed by atoms with Gasteiger partial charge in [0.15, 0.2) is 6.10 Å². The van der Waals surface area contributed by atoms with E-state index in [1.165, 1.54) is 57.8 Å². The van der Waals surface area contributed by atoms with Gasteiger partial charge in [0.25, 0.3) is 5.91 Å². The predicted octanol–water partition coefficient (Wildman–Crippen LogP) is 3.15. The Labute approximate surface area is 205 Å².